The molecule has 0 spiro atoms. The Balaban J connectivity index is 4.03. The minimum absolute atomic E-state index is 0.176. The number of hydrogen-bond acceptors (Lipinski definition) is 1. The fourth-order valence-corrected chi connectivity index (χ4v) is 2.97. The van der Waals surface area contributed by atoms with Gasteiger partial charge in [-0.15, -0.1) is 0 Å². The lowest BCUT2D eigenvalue weighted by Crippen LogP contribution is -2.10. The zero-order valence-corrected chi connectivity index (χ0v) is 15.7. The Hall–Kier alpha value is -0.300. The van der Waals surface area contributed by atoms with Crippen LogP contribution >= 0.6 is 0 Å². The fourth-order valence-electron chi connectivity index (χ4n) is 2.97. The van der Waals surface area contributed by atoms with Crippen molar-refractivity contribution in [3.63, 3.8) is 0 Å². The van der Waals surface area contributed by atoms with Crippen molar-refractivity contribution < 1.29 is 5.11 Å². The molecule has 0 aliphatic heterocycles. The Morgan fingerprint density at radius 1 is 0.727 bits per heavy atom. The summed E-state index contributed by atoms with van der Waals surface area (Å²) in [7, 11) is 0. The van der Waals surface area contributed by atoms with Crippen LogP contribution in [-0.2, 0) is 0 Å². The monoisotopic (exact) mass is 310 g/mol. The average molecular weight is 311 g/mol. The van der Waals surface area contributed by atoms with Crippen LogP contribution < -0.4 is 0 Å². The van der Waals surface area contributed by atoms with Crippen molar-refractivity contribution in [2.75, 3.05) is 0 Å². The molecule has 0 amide bonds. The maximum Gasteiger partial charge on any atom is 0.0750 e. The zero-order valence-electron chi connectivity index (χ0n) is 15.7. The molecule has 0 aromatic carbocycles. The van der Waals surface area contributed by atoms with E-state index in [-0.39, 0.29) is 6.10 Å². The van der Waals surface area contributed by atoms with E-state index in [0.29, 0.717) is 0 Å². The Morgan fingerprint density at radius 3 is 1.95 bits per heavy atom. The lowest BCUT2D eigenvalue weighted by molar-refractivity contribution is 0.190. The molecule has 0 aromatic rings. The van der Waals surface area contributed by atoms with Crippen LogP contribution in [0.5, 0.6) is 0 Å². The van der Waals surface area contributed by atoms with Crippen LogP contribution in [0.15, 0.2) is 11.6 Å². The molecule has 1 nitrogen and oxygen atoms in total. The molecule has 0 fully saturated rings. The average Bonchev–Trinajstić information content (AvgIpc) is 2.53. The first-order valence-electron chi connectivity index (χ1n) is 10.1. The van der Waals surface area contributed by atoms with Crippen LogP contribution in [0, 0.1) is 0 Å². The standard InChI is InChI=1S/C21H42O/c1-4-7-10-12-13-16-19-21(22)20(17-14-9-6-3)18-15-11-8-5-2/h18,21-22H,4-17,19H2,1-3H3/b20-18+. The molecule has 0 saturated carbocycles. The van der Waals surface area contributed by atoms with Crippen LogP contribution in [-0.4, -0.2) is 11.2 Å². The van der Waals surface area contributed by atoms with Gasteiger partial charge >= 0.3 is 0 Å². The van der Waals surface area contributed by atoms with Gasteiger partial charge in [-0.3, -0.25) is 0 Å². The Bertz CT molecular complexity index is 244. The maximum atomic E-state index is 10.5. The molecule has 132 valence electrons. The van der Waals surface area contributed by atoms with E-state index in [9.17, 15) is 5.11 Å². The van der Waals surface area contributed by atoms with E-state index in [1.807, 2.05) is 0 Å². The lowest BCUT2D eigenvalue weighted by atomic mass is 9.96. The van der Waals surface area contributed by atoms with Crippen LogP contribution in [0.3, 0.4) is 0 Å². The van der Waals surface area contributed by atoms with Crippen molar-refractivity contribution in [1.82, 2.24) is 0 Å². The minimum atomic E-state index is -0.176. The SMILES string of the molecule is CCCCC/C=C(\CCCCC)C(O)CCCCCCCC. The van der Waals surface area contributed by atoms with Gasteiger partial charge in [-0.25, -0.2) is 0 Å². The Kier molecular flexibility index (Phi) is 16.8. The summed E-state index contributed by atoms with van der Waals surface area (Å²) in [5.41, 5.74) is 1.33. The third-order valence-electron chi connectivity index (χ3n) is 4.54. The highest BCUT2D eigenvalue weighted by Gasteiger charge is 2.10. The number of rotatable bonds is 16. The molecule has 0 rings (SSSR count). The summed E-state index contributed by atoms with van der Waals surface area (Å²) in [6.45, 7) is 6.76. The van der Waals surface area contributed by atoms with Crippen molar-refractivity contribution in [2.45, 2.75) is 123 Å². The summed E-state index contributed by atoms with van der Waals surface area (Å²) in [6, 6.07) is 0. The predicted molar refractivity (Wildman–Crippen MR) is 100 cm³/mol. The van der Waals surface area contributed by atoms with Gasteiger partial charge in [0, 0.05) is 0 Å². The zero-order chi connectivity index (χ0) is 16.5. The van der Waals surface area contributed by atoms with Crippen molar-refractivity contribution in [3.05, 3.63) is 11.6 Å². The number of unbranched alkanes of at least 4 members (excludes halogenated alkanes) is 10. The van der Waals surface area contributed by atoms with Crippen LogP contribution in [0.4, 0.5) is 0 Å². The quantitative estimate of drug-likeness (QED) is 0.236. The highest BCUT2D eigenvalue weighted by molar-refractivity contribution is 5.08. The largest absolute Gasteiger partial charge is 0.389 e. The van der Waals surface area contributed by atoms with E-state index in [2.05, 4.69) is 26.8 Å². The van der Waals surface area contributed by atoms with Gasteiger partial charge in [0.2, 0.25) is 0 Å². The van der Waals surface area contributed by atoms with Crippen molar-refractivity contribution >= 4 is 0 Å². The van der Waals surface area contributed by atoms with E-state index in [1.54, 1.807) is 0 Å². The second-order valence-corrected chi connectivity index (χ2v) is 6.80. The first kappa shape index (κ1) is 21.7. The molecule has 0 bridgehead atoms. The Labute approximate surface area is 140 Å². The number of allylic oxidation sites excluding steroid dienone is 1. The van der Waals surface area contributed by atoms with Gasteiger partial charge in [0.25, 0.3) is 0 Å². The third-order valence-corrected chi connectivity index (χ3v) is 4.54. The van der Waals surface area contributed by atoms with Crippen LogP contribution in [0.25, 0.3) is 0 Å². The fraction of sp³-hybridized carbons (Fsp3) is 0.905. The van der Waals surface area contributed by atoms with E-state index in [1.165, 1.54) is 82.6 Å². The van der Waals surface area contributed by atoms with Gasteiger partial charge in [-0.05, 0) is 37.7 Å². The van der Waals surface area contributed by atoms with Crippen molar-refractivity contribution in [1.29, 1.82) is 0 Å². The number of hydrogen-bond donors (Lipinski definition) is 1. The summed E-state index contributed by atoms with van der Waals surface area (Å²) in [6.07, 6.45) is 20.9. The Morgan fingerprint density at radius 2 is 1.27 bits per heavy atom. The van der Waals surface area contributed by atoms with Gasteiger partial charge in [-0.1, -0.05) is 91.1 Å². The number of aliphatic hydroxyl groups excluding tert-OH is 1. The minimum Gasteiger partial charge on any atom is -0.389 e. The van der Waals surface area contributed by atoms with Gasteiger partial charge in [-0.2, -0.15) is 0 Å². The maximum absolute atomic E-state index is 10.5. The molecule has 1 atom stereocenters. The second-order valence-electron chi connectivity index (χ2n) is 6.80. The van der Waals surface area contributed by atoms with Crippen molar-refractivity contribution in [3.8, 4) is 0 Å². The molecule has 0 aliphatic rings. The topological polar surface area (TPSA) is 20.2 Å². The molecule has 0 heterocycles. The van der Waals surface area contributed by atoms with Crippen molar-refractivity contribution in [2.24, 2.45) is 0 Å². The van der Waals surface area contributed by atoms with Gasteiger partial charge < -0.3 is 5.11 Å². The molecule has 1 N–H and O–H groups in total. The smallest absolute Gasteiger partial charge is 0.0750 e. The predicted octanol–water partition coefficient (Wildman–Crippen LogP) is 7.18. The van der Waals surface area contributed by atoms with E-state index in [4.69, 9.17) is 0 Å². The highest BCUT2D eigenvalue weighted by Crippen LogP contribution is 2.20. The molecule has 22 heavy (non-hydrogen) atoms. The molecule has 0 saturated heterocycles. The van der Waals surface area contributed by atoms with E-state index >= 15 is 0 Å². The summed E-state index contributed by atoms with van der Waals surface area (Å²) in [5.74, 6) is 0. The molecule has 0 aliphatic carbocycles. The highest BCUT2D eigenvalue weighted by atomic mass is 16.3. The molecule has 0 aromatic heterocycles. The molecule has 1 heteroatoms. The lowest BCUT2D eigenvalue weighted by Gasteiger charge is -2.15. The first-order chi connectivity index (χ1) is 10.8. The summed E-state index contributed by atoms with van der Waals surface area (Å²) in [4.78, 5) is 0. The first-order valence-corrected chi connectivity index (χ1v) is 10.1. The summed E-state index contributed by atoms with van der Waals surface area (Å²) < 4.78 is 0. The summed E-state index contributed by atoms with van der Waals surface area (Å²) in [5, 5.41) is 10.5. The normalized spacial score (nSPS) is 13.5. The van der Waals surface area contributed by atoms with Gasteiger partial charge in [0.05, 0.1) is 6.10 Å². The second kappa shape index (κ2) is 17.1. The van der Waals surface area contributed by atoms with Gasteiger partial charge in [0.15, 0.2) is 0 Å². The molecular weight excluding hydrogens is 268 g/mol. The molecule has 0 radical (unpaired) electrons. The molecule has 1 unspecified atom stereocenters. The third kappa shape index (κ3) is 13.4. The van der Waals surface area contributed by atoms with Crippen LogP contribution in [0.1, 0.15) is 117 Å². The molecular formula is C21H42O. The van der Waals surface area contributed by atoms with E-state index in [0.717, 1.165) is 19.3 Å². The van der Waals surface area contributed by atoms with E-state index < -0.39 is 0 Å². The summed E-state index contributed by atoms with van der Waals surface area (Å²) >= 11 is 0. The van der Waals surface area contributed by atoms with Gasteiger partial charge in [0.1, 0.15) is 0 Å². The number of aliphatic hydroxyl groups is 1. The van der Waals surface area contributed by atoms with Crippen LogP contribution in [0.2, 0.25) is 0 Å².